The van der Waals surface area contributed by atoms with Gasteiger partial charge >= 0.3 is 0 Å². The van der Waals surface area contributed by atoms with Crippen molar-refractivity contribution < 1.29 is 14.3 Å². The Morgan fingerprint density at radius 1 is 1.33 bits per heavy atom. The van der Waals surface area contributed by atoms with Crippen LogP contribution in [0.5, 0.6) is 5.75 Å². The number of nitrogen functional groups attached to an aromatic ring is 1. The number of nitrogens with zero attached hydrogens (tertiary/aromatic N) is 1. The van der Waals surface area contributed by atoms with Crippen molar-refractivity contribution in [1.29, 1.82) is 0 Å². The highest BCUT2D eigenvalue weighted by atomic mass is 32.1. The zero-order chi connectivity index (χ0) is 15.2. The molecule has 1 aromatic heterocycles. The molecule has 21 heavy (non-hydrogen) atoms. The van der Waals surface area contributed by atoms with Crippen molar-refractivity contribution in [2.75, 3.05) is 17.7 Å². The highest BCUT2D eigenvalue weighted by Crippen LogP contribution is 2.16. The molecule has 2 rings (SSSR count). The van der Waals surface area contributed by atoms with Crippen molar-refractivity contribution in [2.24, 2.45) is 0 Å². The van der Waals surface area contributed by atoms with E-state index in [1.807, 2.05) is 0 Å². The molecule has 0 atom stereocenters. The van der Waals surface area contributed by atoms with Crippen LogP contribution < -0.4 is 15.8 Å². The number of amides is 1. The molecule has 0 bridgehead atoms. The van der Waals surface area contributed by atoms with Crippen LogP contribution in [0.2, 0.25) is 0 Å². The molecule has 0 unspecified atom stereocenters. The van der Waals surface area contributed by atoms with E-state index in [-0.39, 0.29) is 24.7 Å². The number of hydrogen-bond acceptors (Lipinski definition) is 6. The fourth-order valence-corrected chi connectivity index (χ4v) is 2.27. The van der Waals surface area contributed by atoms with E-state index in [9.17, 15) is 9.59 Å². The molecule has 0 aliphatic carbocycles. The molecule has 1 amide bonds. The highest BCUT2D eigenvalue weighted by Gasteiger charge is 2.09. The quantitative estimate of drug-likeness (QED) is 0.631. The maximum Gasteiger partial charge on any atom is 0.229 e. The van der Waals surface area contributed by atoms with Gasteiger partial charge in [-0.25, -0.2) is 4.98 Å². The van der Waals surface area contributed by atoms with Gasteiger partial charge in [-0.15, -0.1) is 11.3 Å². The zero-order valence-corrected chi connectivity index (χ0v) is 12.3. The number of rotatable bonds is 6. The monoisotopic (exact) mass is 305 g/mol. The van der Waals surface area contributed by atoms with Crippen molar-refractivity contribution in [3.8, 4) is 5.75 Å². The summed E-state index contributed by atoms with van der Waals surface area (Å²) in [5, 5.41) is 4.66. The molecular formula is C14H15N3O3S. The zero-order valence-electron chi connectivity index (χ0n) is 11.5. The number of aromatic nitrogens is 1. The fourth-order valence-electron chi connectivity index (χ4n) is 1.50. The van der Waals surface area contributed by atoms with E-state index < -0.39 is 0 Å². The average Bonchev–Trinajstić information content (AvgIpc) is 2.90. The van der Waals surface area contributed by atoms with Crippen LogP contribution >= 0.6 is 11.3 Å². The minimum Gasteiger partial charge on any atom is -0.493 e. The number of carbonyl (C=O) groups excluding carboxylic acids is 2. The lowest BCUT2D eigenvalue weighted by Crippen LogP contribution is -2.15. The lowest BCUT2D eigenvalue weighted by Gasteiger charge is -2.06. The third-order valence-corrected chi connectivity index (χ3v) is 3.35. The Kier molecular flexibility index (Phi) is 4.89. The maximum absolute atomic E-state index is 11.7. The average molecular weight is 305 g/mol. The SMILES string of the molecule is CC(=O)c1csc(NC(=O)CCOc2ccc(N)cc2)n1. The summed E-state index contributed by atoms with van der Waals surface area (Å²) in [4.78, 5) is 26.8. The van der Waals surface area contributed by atoms with Gasteiger partial charge in [0.15, 0.2) is 10.9 Å². The molecule has 7 heteroatoms. The van der Waals surface area contributed by atoms with Gasteiger partial charge < -0.3 is 15.8 Å². The van der Waals surface area contributed by atoms with Crippen molar-refractivity contribution in [1.82, 2.24) is 4.98 Å². The van der Waals surface area contributed by atoms with Crippen molar-refractivity contribution in [2.45, 2.75) is 13.3 Å². The summed E-state index contributed by atoms with van der Waals surface area (Å²) in [5.74, 6) is 0.318. The molecule has 0 saturated heterocycles. The molecule has 1 heterocycles. The Morgan fingerprint density at radius 3 is 2.67 bits per heavy atom. The number of benzene rings is 1. The number of hydrogen-bond donors (Lipinski definition) is 2. The van der Waals surface area contributed by atoms with E-state index in [0.29, 0.717) is 22.3 Å². The van der Waals surface area contributed by atoms with Gasteiger partial charge in [0.25, 0.3) is 0 Å². The summed E-state index contributed by atoms with van der Waals surface area (Å²) < 4.78 is 5.43. The highest BCUT2D eigenvalue weighted by molar-refractivity contribution is 7.14. The Hall–Kier alpha value is -2.41. The number of thiazole rings is 1. The molecule has 6 nitrogen and oxygen atoms in total. The summed E-state index contributed by atoms with van der Waals surface area (Å²) in [7, 11) is 0. The molecule has 0 aliphatic heterocycles. The summed E-state index contributed by atoms with van der Waals surface area (Å²) in [5.41, 5.74) is 6.58. The summed E-state index contributed by atoms with van der Waals surface area (Å²) in [6.07, 6.45) is 0.194. The second-order valence-corrected chi connectivity index (χ2v) is 5.17. The van der Waals surface area contributed by atoms with Crippen LogP contribution in [0, 0.1) is 0 Å². The molecule has 1 aromatic carbocycles. The smallest absolute Gasteiger partial charge is 0.229 e. The number of carbonyl (C=O) groups is 2. The van der Waals surface area contributed by atoms with Crippen LogP contribution in [0.3, 0.4) is 0 Å². The van der Waals surface area contributed by atoms with E-state index in [2.05, 4.69) is 10.3 Å². The van der Waals surface area contributed by atoms with Crippen LogP contribution in [-0.4, -0.2) is 23.3 Å². The van der Waals surface area contributed by atoms with Crippen LogP contribution in [-0.2, 0) is 4.79 Å². The molecule has 0 fully saturated rings. The number of ether oxygens (including phenoxy) is 1. The molecule has 3 N–H and O–H groups in total. The van der Waals surface area contributed by atoms with E-state index in [1.165, 1.54) is 18.3 Å². The fraction of sp³-hybridized carbons (Fsp3) is 0.214. The Bertz CT molecular complexity index is 637. The van der Waals surface area contributed by atoms with Crippen LogP contribution in [0.25, 0.3) is 0 Å². The van der Waals surface area contributed by atoms with Gasteiger partial charge in [-0.05, 0) is 24.3 Å². The summed E-state index contributed by atoms with van der Waals surface area (Å²) >= 11 is 1.22. The molecule has 0 saturated carbocycles. The van der Waals surface area contributed by atoms with E-state index in [0.717, 1.165) is 0 Å². The second kappa shape index (κ2) is 6.85. The number of anilines is 2. The molecule has 110 valence electrons. The van der Waals surface area contributed by atoms with Gasteiger partial charge in [-0.3, -0.25) is 9.59 Å². The lowest BCUT2D eigenvalue weighted by atomic mass is 10.3. The van der Waals surface area contributed by atoms with Crippen molar-refractivity contribution >= 4 is 33.8 Å². The predicted octanol–water partition coefficient (Wildman–Crippen LogP) is 2.34. The van der Waals surface area contributed by atoms with E-state index in [4.69, 9.17) is 10.5 Å². The second-order valence-electron chi connectivity index (χ2n) is 4.31. The molecule has 0 spiro atoms. The Morgan fingerprint density at radius 2 is 2.05 bits per heavy atom. The van der Waals surface area contributed by atoms with Gasteiger partial charge in [0, 0.05) is 18.0 Å². The first-order valence-electron chi connectivity index (χ1n) is 6.29. The van der Waals surface area contributed by atoms with Gasteiger partial charge in [0.05, 0.1) is 13.0 Å². The van der Waals surface area contributed by atoms with Crippen LogP contribution in [0.4, 0.5) is 10.8 Å². The Labute approximate surface area is 125 Å². The van der Waals surface area contributed by atoms with Crippen molar-refractivity contribution in [3.05, 3.63) is 35.3 Å². The summed E-state index contributed by atoms with van der Waals surface area (Å²) in [6, 6.07) is 6.95. The number of nitrogens with two attached hydrogens (primary N) is 1. The standard InChI is InChI=1S/C14H15N3O3S/c1-9(18)12-8-21-14(16-12)17-13(19)6-7-20-11-4-2-10(15)3-5-11/h2-5,8H,6-7,15H2,1H3,(H,16,17,19). The van der Waals surface area contributed by atoms with Gasteiger partial charge in [-0.1, -0.05) is 0 Å². The molecular weight excluding hydrogens is 290 g/mol. The van der Waals surface area contributed by atoms with E-state index in [1.54, 1.807) is 29.6 Å². The van der Waals surface area contributed by atoms with Gasteiger partial charge in [0.2, 0.25) is 5.91 Å². The maximum atomic E-state index is 11.7. The van der Waals surface area contributed by atoms with E-state index >= 15 is 0 Å². The molecule has 2 aromatic rings. The van der Waals surface area contributed by atoms with Gasteiger partial charge in [-0.2, -0.15) is 0 Å². The first-order valence-corrected chi connectivity index (χ1v) is 7.17. The number of nitrogens with one attached hydrogen (secondary N) is 1. The van der Waals surface area contributed by atoms with Crippen LogP contribution in [0.15, 0.2) is 29.6 Å². The third kappa shape index (κ3) is 4.57. The predicted molar refractivity (Wildman–Crippen MR) is 81.7 cm³/mol. The first kappa shape index (κ1) is 15.0. The topological polar surface area (TPSA) is 94.3 Å². The minimum absolute atomic E-state index is 0.126. The molecule has 0 radical (unpaired) electrons. The largest absolute Gasteiger partial charge is 0.493 e. The Balaban J connectivity index is 1.76. The molecule has 0 aliphatic rings. The minimum atomic E-state index is -0.213. The third-order valence-electron chi connectivity index (χ3n) is 2.59. The number of Topliss-reactive ketones (excluding diaryl/α,β-unsaturated/α-hetero) is 1. The number of ketones is 1. The lowest BCUT2D eigenvalue weighted by molar-refractivity contribution is -0.116. The van der Waals surface area contributed by atoms with Crippen molar-refractivity contribution in [3.63, 3.8) is 0 Å². The summed E-state index contributed by atoms with van der Waals surface area (Å²) in [6.45, 7) is 1.68. The van der Waals surface area contributed by atoms with Gasteiger partial charge in [0.1, 0.15) is 11.4 Å². The first-order chi connectivity index (χ1) is 10.0. The normalized spacial score (nSPS) is 10.1. The van der Waals surface area contributed by atoms with Crippen LogP contribution in [0.1, 0.15) is 23.8 Å².